The van der Waals surface area contributed by atoms with Gasteiger partial charge < -0.3 is 25.0 Å². The number of aliphatic hydroxyl groups is 1. The molecule has 0 aromatic carbocycles. The van der Waals surface area contributed by atoms with Gasteiger partial charge in [0.05, 0.1) is 6.61 Å². The second-order valence-corrected chi connectivity index (χ2v) is 13.0. The standard InChI is InChI=1S/C23H41N5O5S/c1-20(2)11-15(12-21(3,4)27(20)30)32-17-24-18(26-19(25-17)34-10-9-29)33-16-13-22(5,6)28(31)23(7,8)14-16/h15-16,29-31H,9-14H2,1-8H3. The van der Waals surface area contributed by atoms with E-state index in [1.807, 2.05) is 55.4 Å². The molecule has 3 N–H and O–H groups in total. The molecule has 194 valence electrons. The van der Waals surface area contributed by atoms with Crippen LogP contribution >= 0.6 is 11.8 Å². The molecule has 0 atom stereocenters. The minimum Gasteiger partial charge on any atom is -0.460 e. The van der Waals surface area contributed by atoms with Gasteiger partial charge in [0.1, 0.15) is 12.2 Å². The lowest BCUT2D eigenvalue weighted by molar-refractivity contribution is -0.255. The zero-order chi connectivity index (χ0) is 25.5. The first-order valence-electron chi connectivity index (χ1n) is 11.9. The number of hydrogen-bond donors (Lipinski definition) is 3. The molecule has 0 radical (unpaired) electrons. The van der Waals surface area contributed by atoms with E-state index >= 15 is 0 Å². The minimum atomic E-state index is -0.470. The van der Waals surface area contributed by atoms with E-state index in [1.54, 1.807) is 0 Å². The third kappa shape index (κ3) is 6.11. The summed E-state index contributed by atoms with van der Waals surface area (Å²) < 4.78 is 12.4. The van der Waals surface area contributed by atoms with Gasteiger partial charge in [0.25, 0.3) is 0 Å². The van der Waals surface area contributed by atoms with Crippen LogP contribution in [0.4, 0.5) is 0 Å². The zero-order valence-corrected chi connectivity index (χ0v) is 22.5. The number of aliphatic hydroxyl groups excluding tert-OH is 1. The Balaban J connectivity index is 1.83. The van der Waals surface area contributed by atoms with Gasteiger partial charge in [-0.05, 0) is 55.4 Å². The summed E-state index contributed by atoms with van der Waals surface area (Å²) in [4.78, 5) is 13.4. The van der Waals surface area contributed by atoms with Crippen molar-refractivity contribution in [2.24, 2.45) is 0 Å². The van der Waals surface area contributed by atoms with Crippen LogP contribution in [0.25, 0.3) is 0 Å². The first-order chi connectivity index (χ1) is 15.6. The Morgan fingerprint density at radius 2 is 1.09 bits per heavy atom. The normalized spacial score (nSPS) is 25.3. The fraction of sp³-hybridized carbons (Fsp3) is 0.870. The molecule has 0 amide bonds. The molecular weight excluding hydrogens is 458 g/mol. The van der Waals surface area contributed by atoms with Gasteiger partial charge in [-0.1, -0.05) is 11.8 Å². The maximum Gasteiger partial charge on any atom is 0.323 e. The lowest BCUT2D eigenvalue weighted by Crippen LogP contribution is -2.61. The van der Waals surface area contributed by atoms with Crippen molar-refractivity contribution in [3.8, 4) is 12.0 Å². The number of piperidine rings is 2. The van der Waals surface area contributed by atoms with E-state index in [9.17, 15) is 15.5 Å². The number of rotatable bonds is 7. The maximum atomic E-state index is 10.6. The Labute approximate surface area is 207 Å². The van der Waals surface area contributed by atoms with E-state index in [-0.39, 0.29) is 30.8 Å². The third-order valence-corrected chi connectivity index (χ3v) is 7.47. The number of ether oxygens (including phenoxy) is 2. The monoisotopic (exact) mass is 499 g/mol. The highest BCUT2D eigenvalue weighted by molar-refractivity contribution is 7.99. The second-order valence-electron chi connectivity index (χ2n) is 11.9. The van der Waals surface area contributed by atoms with E-state index in [0.717, 1.165) is 0 Å². The molecule has 2 saturated heterocycles. The zero-order valence-electron chi connectivity index (χ0n) is 21.7. The van der Waals surface area contributed by atoms with Gasteiger partial charge in [-0.3, -0.25) is 0 Å². The Bertz CT molecular complexity index is 768. The van der Waals surface area contributed by atoms with Crippen molar-refractivity contribution in [3.63, 3.8) is 0 Å². The number of hydroxylamine groups is 4. The SMILES string of the molecule is CC1(C)CC(Oc2nc(OC3CC(C)(C)N(O)C(C)(C)C3)nc(SCCO)n2)CC(C)(C)N1O. The second kappa shape index (κ2) is 9.67. The van der Waals surface area contributed by atoms with Gasteiger partial charge in [0.15, 0.2) is 5.16 Å². The van der Waals surface area contributed by atoms with E-state index in [0.29, 0.717) is 36.6 Å². The molecule has 10 nitrogen and oxygen atoms in total. The molecule has 2 aliphatic heterocycles. The Kier molecular flexibility index (Phi) is 7.77. The summed E-state index contributed by atoms with van der Waals surface area (Å²) in [6.45, 7) is 15.8. The van der Waals surface area contributed by atoms with Crippen LogP contribution in [0.5, 0.6) is 12.0 Å². The van der Waals surface area contributed by atoms with Crippen molar-refractivity contribution >= 4 is 11.8 Å². The molecule has 3 rings (SSSR count). The van der Waals surface area contributed by atoms with E-state index < -0.39 is 22.2 Å². The molecule has 0 unspecified atom stereocenters. The largest absolute Gasteiger partial charge is 0.460 e. The average Bonchev–Trinajstić information content (AvgIpc) is 2.67. The van der Waals surface area contributed by atoms with Gasteiger partial charge in [-0.25, -0.2) is 0 Å². The highest BCUT2D eigenvalue weighted by atomic mass is 32.2. The molecule has 0 bridgehead atoms. The number of nitrogens with zero attached hydrogens (tertiary/aromatic N) is 5. The van der Waals surface area contributed by atoms with Crippen molar-refractivity contribution in [2.45, 2.75) is 121 Å². The van der Waals surface area contributed by atoms with E-state index in [2.05, 4.69) is 15.0 Å². The van der Waals surface area contributed by atoms with Crippen LogP contribution in [0, 0.1) is 0 Å². The maximum absolute atomic E-state index is 10.6. The Morgan fingerprint density at radius 1 is 0.735 bits per heavy atom. The van der Waals surface area contributed by atoms with Crippen LogP contribution in [0.3, 0.4) is 0 Å². The summed E-state index contributed by atoms with van der Waals surface area (Å²) in [5, 5.41) is 33.7. The summed E-state index contributed by atoms with van der Waals surface area (Å²) in [5.41, 5.74) is -1.88. The van der Waals surface area contributed by atoms with Crippen LogP contribution in [-0.4, -0.2) is 87.3 Å². The summed E-state index contributed by atoms with van der Waals surface area (Å²) in [7, 11) is 0. The van der Waals surface area contributed by atoms with Crippen molar-refractivity contribution in [2.75, 3.05) is 12.4 Å². The van der Waals surface area contributed by atoms with Gasteiger partial charge in [0.2, 0.25) is 0 Å². The first kappa shape index (κ1) is 27.3. The van der Waals surface area contributed by atoms with Crippen LogP contribution in [0.2, 0.25) is 0 Å². The van der Waals surface area contributed by atoms with Crippen molar-refractivity contribution in [1.82, 2.24) is 25.1 Å². The van der Waals surface area contributed by atoms with Gasteiger partial charge in [0, 0.05) is 53.6 Å². The molecule has 2 aliphatic rings. The van der Waals surface area contributed by atoms with Crippen molar-refractivity contribution in [1.29, 1.82) is 0 Å². The highest BCUT2D eigenvalue weighted by Gasteiger charge is 2.47. The lowest BCUT2D eigenvalue weighted by atomic mass is 9.80. The highest BCUT2D eigenvalue weighted by Crippen LogP contribution is 2.39. The van der Waals surface area contributed by atoms with Gasteiger partial charge in [-0.15, -0.1) is 4.98 Å². The molecule has 3 heterocycles. The van der Waals surface area contributed by atoms with E-state index in [1.165, 1.54) is 21.9 Å². The molecule has 1 aromatic rings. The lowest BCUT2D eigenvalue weighted by Gasteiger charge is -2.51. The number of aromatic nitrogens is 3. The molecule has 0 aliphatic carbocycles. The van der Waals surface area contributed by atoms with Gasteiger partial charge >= 0.3 is 12.0 Å². The van der Waals surface area contributed by atoms with Crippen molar-refractivity contribution < 1.29 is 25.0 Å². The molecule has 11 heteroatoms. The Hall–Kier alpha value is -1.24. The molecule has 2 fully saturated rings. The summed E-state index contributed by atoms with van der Waals surface area (Å²) in [6.07, 6.45) is 2.01. The predicted octanol–water partition coefficient (Wildman–Crippen LogP) is 3.54. The average molecular weight is 500 g/mol. The van der Waals surface area contributed by atoms with Crippen LogP contribution in [0.1, 0.15) is 81.1 Å². The molecule has 0 saturated carbocycles. The smallest absolute Gasteiger partial charge is 0.323 e. The fourth-order valence-electron chi connectivity index (χ4n) is 5.45. The van der Waals surface area contributed by atoms with Crippen molar-refractivity contribution in [3.05, 3.63) is 0 Å². The first-order valence-corrected chi connectivity index (χ1v) is 12.9. The van der Waals surface area contributed by atoms with Gasteiger partial charge in [-0.2, -0.15) is 20.1 Å². The predicted molar refractivity (Wildman–Crippen MR) is 129 cm³/mol. The summed E-state index contributed by atoms with van der Waals surface area (Å²) in [6, 6.07) is 0.345. The quantitative estimate of drug-likeness (QED) is 0.477. The molecule has 34 heavy (non-hydrogen) atoms. The van der Waals surface area contributed by atoms with Crippen LogP contribution < -0.4 is 9.47 Å². The molecule has 1 aromatic heterocycles. The van der Waals surface area contributed by atoms with Crippen LogP contribution in [0.15, 0.2) is 5.16 Å². The third-order valence-electron chi connectivity index (χ3n) is 6.64. The summed E-state index contributed by atoms with van der Waals surface area (Å²) in [5.74, 6) is 0.439. The summed E-state index contributed by atoms with van der Waals surface area (Å²) >= 11 is 1.30. The van der Waals surface area contributed by atoms with E-state index in [4.69, 9.17) is 9.47 Å². The Morgan fingerprint density at radius 3 is 1.41 bits per heavy atom. The molecule has 0 spiro atoms. The number of thioether (sulfide) groups is 1. The number of hydrogen-bond acceptors (Lipinski definition) is 11. The topological polar surface area (TPSA) is 124 Å². The van der Waals surface area contributed by atoms with Crippen LogP contribution in [-0.2, 0) is 0 Å². The minimum absolute atomic E-state index is 0.00257. The molecular formula is C23H41N5O5S. The fourth-order valence-corrected chi connectivity index (χ4v) is 6.01.